The van der Waals surface area contributed by atoms with Crippen molar-refractivity contribution < 1.29 is 26.3 Å². The molecule has 2 aliphatic rings. The van der Waals surface area contributed by atoms with Gasteiger partial charge in [0.1, 0.15) is 19.2 Å². The first-order chi connectivity index (χ1) is 38.4. The van der Waals surface area contributed by atoms with Gasteiger partial charge in [-0.25, -0.2) is 0 Å². The normalized spacial score (nSPS) is 19.2. The lowest BCUT2D eigenvalue weighted by Crippen LogP contribution is -2.65. The molecular weight excluding hydrogens is 799 g/mol. The van der Waals surface area contributed by atoms with Crippen molar-refractivity contribution in [2.45, 2.75) is 75.3 Å². The van der Waals surface area contributed by atoms with Crippen LogP contribution in [0.4, 0.5) is 0 Å². The average Bonchev–Trinajstić information content (AvgIpc) is 4.28. The van der Waals surface area contributed by atoms with Crippen LogP contribution in [-0.4, -0.2) is 32.2 Å². The van der Waals surface area contributed by atoms with Gasteiger partial charge in [-0.2, -0.15) is 15.0 Å². The van der Waals surface area contributed by atoms with Crippen molar-refractivity contribution in [1.82, 2.24) is 24.1 Å². The summed E-state index contributed by atoms with van der Waals surface area (Å²) in [4.78, 5) is 15.2. The van der Waals surface area contributed by atoms with Crippen molar-refractivity contribution in [2.24, 2.45) is 0 Å². The molecule has 312 valence electrons. The Labute approximate surface area is 395 Å². The molecule has 0 amide bonds. The quantitative estimate of drug-likeness (QED) is 0.150. The zero-order chi connectivity index (χ0) is 56.1. The maximum Gasteiger partial charge on any atom is 0.240 e. The molecule has 0 spiro atoms. The third-order valence-corrected chi connectivity index (χ3v) is 20.3. The zero-order valence-corrected chi connectivity index (χ0v) is 35.7. The summed E-state index contributed by atoms with van der Waals surface area (Å²) in [6.45, 7) is 0. The maximum absolute atomic E-state index is 9.40. The molecule has 6 nitrogen and oxygen atoms in total. The molecule has 0 saturated heterocycles. The molecule has 7 heteroatoms. The molecule has 0 unspecified atom stereocenters. The van der Waals surface area contributed by atoms with Gasteiger partial charge in [0.05, 0.1) is 44.0 Å². The Morgan fingerprint density at radius 2 is 0.938 bits per heavy atom. The first-order valence-electron chi connectivity index (χ1n) is 30.2. The molecule has 0 aliphatic heterocycles. The first-order valence-corrected chi connectivity index (χ1v) is 24.3. The molecule has 0 bridgehead atoms. The van der Waals surface area contributed by atoms with E-state index >= 15 is 0 Å². The van der Waals surface area contributed by atoms with E-state index in [2.05, 4.69) is 36.4 Å². The Bertz CT molecular complexity index is 4150. The second-order valence-corrected chi connectivity index (χ2v) is 21.8. The van der Waals surface area contributed by atoms with E-state index in [1.165, 1.54) is 5.19 Å². The van der Waals surface area contributed by atoms with E-state index in [1.54, 1.807) is 0 Å². The van der Waals surface area contributed by atoms with Crippen LogP contribution in [0.15, 0.2) is 168 Å². The van der Waals surface area contributed by atoms with Crippen LogP contribution in [0.25, 0.3) is 88.8 Å². The molecule has 13 rings (SSSR count). The minimum atomic E-state index is -2.93. The minimum Gasteiger partial charge on any atom is -0.456 e. The molecule has 0 radical (unpaired) electrons. The van der Waals surface area contributed by atoms with Crippen molar-refractivity contribution in [2.75, 3.05) is 0 Å². The number of aromatic nitrogens is 5. The highest BCUT2D eigenvalue weighted by atomic mass is 28.3. The van der Waals surface area contributed by atoms with Crippen molar-refractivity contribution in [3.63, 3.8) is 0 Å². The summed E-state index contributed by atoms with van der Waals surface area (Å²) in [5.41, 5.74) is 1.57. The Morgan fingerprint density at radius 1 is 0.453 bits per heavy atom. The Balaban J connectivity index is 1.18. The van der Waals surface area contributed by atoms with Crippen molar-refractivity contribution in [1.29, 1.82) is 0 Å². The Hall–Kier alpha value is -6.83. The molecule has 7 aromatic carbocycles. The zero-order valence-electron chi connectivity index (χ0n) is 50.7. The maximum atomic E-state index is 9.40. The van der Waals surface area contributed by atoms with Gasteiger partial charge in [0, 0.05) is 37.9 Å². The van der Waals surface area contributed by atoms with Crippen LogP contribution in [-0.2, 0) is 0 Å². The van der Waals surface area contributed by atoms with Gasteiger partial charge in [0.25, 0.3) is 0 Å². The van der Waals surface area contributed by atoms with E-state index in [0.29, 0.717) is 16.6 Å². The summed E-state index contributed by atoms with van der Waals surface area (Å²) in [7, 11) is -2.93. The average molecular weight is 864 g/mol. The van der Waals surface area contributed by atoms with Crippen LogP contribution in [0, 0.1) is 0 Å². The number of benzene rings is 7. The summed E-state index contributed by atoms with van der Waals surface area (Å²) >= 11 is 0. The number of furan rings is 1. The fraction of sp³-hybridized carbons (Fsp3) is 0.211. The van der Waals surface area contributed by atoms with Gasteiger partial charge in [-0.3, -0.25) is 9.13 Å². The second kappa shape index (κ2) is 15.2. The highest BCUT2D eigenvalue weighted by molar-refractivity contribution is 7.04. The molecule has 2 saturated carbocycles. The van der Waals surface area contributed by atoms with Gasteiger partial charge in [-0.15, -0.1) is 0 Å². The summed E-state index contributed by atoms with van der Waals surface area (Å²) in [5, 5.41) is 3.54. The second-order valence-electron chi connectivity index (χ2n) is 17.3. The first kappa shape index (κ1) is 24.9. The topological polar surface area (TPSA) is 61.7 Å². The summed E-state index contributed by atoms with van der Waals surface area (Å²) in [6, 6.07) is 12.8. The molecule has 11 aromatic rings. The Morgan fingerprint density at radius 3 is 1.48 bits per heavy atom. The smallest absolute Gasteiger partial charge is 0.240 e. The van der Waals surface area contributed by atoms with Crippen LogP contribution in [0.2, 0.25) is 11.1 Å². The van der Waals surface area contributed by atoms with Gasteiger partial charge in [-0.1, -0.05) is 202 Å². The predicted molar refractivity (Wildman–Crippen MR) is 266 cm³/mol. The fourth-order valence-corrected chi connectivity index (χ4v) is 18.4. The summed E-state index contributed by atoms with van der Waals surface area (Å²) in [5.74, 6) is -0.878. The number of fused-ring (bicyclic) bond motifs is 9. The number of rotatable bonds is 7. The highest BCUT2D eigenvalue weighted by Crippen LogP contribution is 2.49. The highest BCUT2D eigenvalue weighted by Gasteiger charge is 2.50. The number of hydrogen-bond donors (Lipinski definition) is 0. The van der Waals surface area contributed by atoms with Gasteiger partial charge in [0.2, 0.25) is 11.9 Å². The lowest BCUT2D eigenvalue weighted by Gasteiger charge is -2.48. The molecule has 0 N–H and O–H groups in total. The van der Waals surface area contributed by atoms with Crippen molar-refractivity contribution in [3.05, 3.63) is 163 Å². The summed E-state index contributed by atoms with van der Waals surface area (Å²) < 4.78 is 153. The Kier molecular flexibility index (Phi) is 5.89. The van der Waals surface area contributed by atoms with E-state index in [4.69, 9.17) is 30.3 Å². The van der Waals surface area contributed by atoms with E-state index in [0.717, 1.165) is 100 Å². The molecule has 64 heavy (non-hydrogen) atoms. The molecule has 2 fully saturated rings. The van der Waals surface area contributed by atoms with Crippen LogP contribution >= 0.6 is 0 Å². The molecule has 4 aromatic heterocycles. The predicted octanol–water partition coefficient (Wildman–Crippen LogP) is 13.9. The molecule has 0 atom stereocenters. The summed E-state index contributed by atoms with van der Waals surface area (Å²) in [6.07, 6.45) is 10.7. The third kappa shape index (κ3) is 5.79. The minimum absolute atomic E-state index is 0.0494. The molecular formula is C57H49N5OSi. The van der Waals surface area contributed by atoms with E-state index in [1.807, 2.05) is 30.3 Å². The van der Waals surface area contributed by atoms with Crippen molar-refractivity contribution >= 4 is 84.0 Å². The standard InChI is InChI=1S/C57H49N5OSi/c1-3-19-39(20-4-1)64(40-21-5-2-6-22-40,42-34-35-54-48(37-42)47-28-11-16-33-53(47)63-54)41-23-17-18-38(36-41)55-58-56(61-49-29-12-7-24-43(49)44-25-8-13-30-50(44)61)60-57(59-55)62-51-31-14-9-26-45(51)46-27-10-15-32-52(46)62/h7-18,23-37,39-40H,1-6,19-22H2/i7D,8D,9D,10D,12D,13D,14D,15D,24D,25D,26D,27D,29D,30D,31D,32D. The molecule has 4 heterocycles. The number of para-hydroxylation sites is 5. The van der Waals surface area contributed by atoms with Crippen molar-refractivity contribution in [3.8, 4) is 23.3 Å². The third-order valence-electron chi connectivity index (χ3n) is 14.0. The largest absolute Gasteiger partial charge is 0.456 e. The van der Waals surface area contributed by atoms with Crippen LogP contribution < -0.4 is 10.4 Å². The van der Waals surface area contributed by atoms with Gasteiger partial charge in [0.15, 0.2) is 5.82 Å². The fourth-order valence-electron chi connectivity index (χ4n) is 11.4. The lowest BCUT2D eigenvalue weighted by atomic mass is 9.99. The SMILES string of the molecule is [2H]c1c([2H])c([2H])c2c(c1[2H])c1c([2H])c([2H])c([2H])c([2H])c1n2-c1nc(-c2cccc([Si](c3ccc4oc5ccccc5c4c3)(C3CCCCC3)C3CCCCC3)c2)nc(-n2c3c([2H])c([2H])c([2H])c([2H])c3c3c([2H])c([2H])c([2H])c([2H])c32)n1. The van der Waals surface area contributed by atoms with Crippen LogP contribution in [0.3, 0.4) is 0 Å². The number of hydrogen-bond acceptors (Lipinski definition) is 4. The van der Waals surface area contributed by atoms with E-state index in [9.17, 15) is 11.0 Å². The monoisotopic (exact) mass is 863 g/mol. The van der Waals surface area contributed by atoms with Gasteiger partial charge < -0.3 is 4.42 Å². The molecule has 2 aliphatic carbocycles. The van der Waals surface area contributed by atoms with Gasteiger partial charge >= 0.3 is 0 Å². The van der Waals surface area contributed by atoms with Crippen LogP contribution in [0.1, 0.15) is 86.1 Å². The van der Waals surface area contributed by atoms with Gasteiger partial charge in [-0.05, 0) is 47.4 Å². The van der Waals surface area contributed by atoms with Crippen LogP contribution in [0.5, 0.6) is 0 Å². The number of nitrogens with zero attached hydrogens (tertiary/aromatic N) is 5. The van der Waals surface area contributed by atoms with E-state index in [-0.39, 0.29) is 49.4 Å². The lowest BCUT2D eigenvalue weighted by molar-refractivity contribution is 0.459. The van der Waals surface area contributed by atoms with E-state index < -0.39 is 117 Å².